The number of benzene rings is 3. The largest absolute Gasteiger partial charge is 0.361 e. The minimum absolute atomic E-state index is 0.0208. The Kier molecular flexibility index (Phi) is 4.83. The Labute approximate surface area is 187 Å². The van der Waals surface area contributed by atoms with Crippen LogP contribution in [0.25, 0.3) is 16.6 Å². The highest BCUT2D eigenvalue weighted by Gasteiger charge is 2.27. The van der Waals surface area contributed by atoms with E-state index < -0.39 is 0 Å². The Morgan fingerprint density at radius 3 is 2.37 bits per heavy atom. The van der Waals surface area contributed by atoms with Crippen molar-refractivity contribution in [3.05, 3.63) is 121 Å². The number of aromatic amines is 2. The average Bonchev–Trinajstić information content (AvgIpc) is 3.32. The van der Waals surface area contributed by atoms with Gasteiger partial charge < -0.3 is 4.98 Å². The normalized spacial score (nSPS) is 12.3. The van der Waals surface area contributed by atoms with Crippen LogP contribution in [0.5, 0.6) is 0 Å². The second kappa shape index (κ2) is 7.65. The maximum Gasteiger partial charge on any atom is 0.275 e. The fraction of sp³-hybridized carbons (Fsp3) is 0.0800. The number of halogens is 1. The minimum atomic E-state index is -0.174. The molecule has 0 aliphatic rings. The molecule has 0 fully saturated rings. The van der Waals surface area contributed by atoms with Gasteiger partial charge in [-0.1, -0.05) is 48.5 Å². The first-order valence-electron chi connectivity index (χ1n) is 9.82. The second-order valence-corrected chi connectivity index (χ2v) is 8.65. The molecule has 0 aliphatic carbocycles. The first-order chi connectivity index (χ1) is 14.6. The van der Waals surface area contributed by atoms with Gasteiger partial charge in [-0.25, -0.2) is 4.68 Å². The standard InChI is InChI=1S/C25H20IN3O/c1-16-23(25(30)29(28-16)19-7-3-2-4-8-19)24(17-11-13-18(26)14-12-17)21-15-27-22-10-6-5-9-20(21)22/h2-15,24,27-28H,1H3. The van der Waals surface area contributed by atoms with E-state index in [-0.39, 0.29) is 11.5 Å². The van der Waals surface area contributed by atoms with Gasteiger partial charge in [-0.05, 0) is 71.0 Å². The summed E-state index contributed by atoms with van der Waals surface area (Å²) in [6.45, 7) is 1.98. The van der Waals surface area contributed by atoms with Gasteiger partial charge in [0, 0.05) is 32.3 Å². The van der Waals surface area contributed by atoms with Crippen molar-refractivity contribution in [2.24, 2.45) is 0 Å². The number of H-pyrrole nitrogens is 2. The van der Waals surface area contributed by atoms with Crippen LogP contribution in [0.2, 0.25) is 0 Å². The Morgan fingerprint density at radius 1 is 0.900 bits per heavy atom. The van der Waals surface area contributed by atoms with Gasteiger partial charge >= 0.3 is 0 Å². The third-order valence-corrected chi connectivity index (χ3v) is 6.27. The zero-order valence-corrected chi connectivity index (χ0v) is 18.6. The fourth-order valence-corrected chi connectivity index (χ4v) is 4.51. The number of para-hydroxylation sites is 2. The first-order valence-corrected chi connectivity index (χ1v) is 10.9. The lowest BCUT2D eigenvalue weighted by molar-refractivity contribution is 0.833. The van der Waals surface area contributed by atoms with Crippen LogP contribution in [0.3, 0.4) is 0 Å². The number of aryl methyl sites for hydroxylation is 1. The predicted octanol–water partition coefficient (Wildman–Crippen LogP) is 5.74. The Morgan fingerprint density at radius 2 is 1.60 bits per heavy atom. The van der Waals surface area contributed by atoms with Crippen molar-refractivity contribution in [3.63, 3.8) is 0 Å². The Balaban J connectivity index is 1.77. The molecule has 1 atom stereocenters. The van der Waals surface area contributed by atoms with Crippen molar-refractivity contribution < 1.29 is 0 Å². The molecule has 3 aromatic carbocycles. The molecule has 5 heteroatoms. The van der Waals surface area contributed by atoms with Crippen LogP contribution in [-0.2, 0) is 0 Å². The van der Waals surface area contributed by atoms with Crippen LogP contribution >= 0.6 is 22.6 Å². The van der Waals surface area contributed by atoms with E-state index in [4.69, 9.17) is 0 Å². The summed E-state index contributed by atoms with van der Waals surface area (Å²) in [6, 6.07) is 26.4. The summed E-state index contributed by atoms with van der Waals surface area (Å²) in [7, 11) is 0. The third-order valence-electron chi connectivity index (χ3n) is 5.56. The fourth-order valence-electron chi connectivity index (χ4n) is 4.15. The summed E-state index contributed by atoms with van der Waals surface area (Å²) < 4.78 is 2.81. The van der Waals surface area contributed by atoms with Gasteiger partial charge in [-0.3, -0.25) is 9.89 Å². The summed E-state index contributed by atoms with van der Waals surface area (Å²) in [5.74, 6) is -0.174. The van der Waals surface area contributed by atoms with Crippen molar-refractivity contribution in [2.75, 3.05) is 0 Å². The van der Waals surface area contributed by atoms with E-state index in [1.54, 1.807) is 4.68 Å². The van der Waals surface area contributed by atoms with Crippen molar-refractivity contribution >= 4 is 33.5 Å². The summed E-state index contributed by atoms with van der Waals surface area (Å²) in [5, 5.41) is 4.43. The number of aromatic nitrogens is 3. The smallest absolute Gasteiger partial charge is 0.275 e. The number of rotatable bonds is 4. The molecule has 5 rings (SSSR count). The monoisotopic (exact) mass is 505 g/mol. The Bertz CT molecular complexity index is 1380. The summed E-state index contributed by atoms with van der Waals surface area (Å²) in [6.07, 6.45) is 2.03. The van der Waals surface area contributed by atoms with E-state index in [0.29, 0.717) is 0 Å². The molecule has 2 aromatic heterocycles. The molecule has 5 aromatic rings. The van der Waals surface area contributed by atoms with Gasteiger partial charge in [0.25, 0.3) is 5.56 Å². The highest BCUT2D eigenvalue weighted by molar-refractivity contribution is 14.1. The van der Waals surface area contributed by atoms with E-state index >= 15 is 0 Å². The Hall–Kier alpha value is -3.06. The third kappa shape index (κ3) is 3.19. The molecule has 0 saturated heterocycles. The van der Waals surface area contributed by atoms with Gasteiger partial charge in [0.2, 0.25) is 0 Å². The molecule has 1 unspecified atom stereocenters. The number of hydrogen-bond acceptors (Lipinski definition) is 1. The molecule has 2 N–H and O–H groups in total. The summed E-state index contributed by atoms with van der Waals surface area (Å²) >= 11 is 2.31. The van der Waals surface area contributed by atoms with Gasteiger partial charge in [-0.15, -0.1) is 0 Å². The quantitative estimate of drug-likeness (QED) is 0.301. The van der Waals surface area contributed by atoms with Crippen LogP contribution in [0, 0.1) is 10.5 Å². The summed E-state index contributed by atoms with van der Waals surface area (Å²) in [4.78, 5) is 17.0. The van der Waals surface area contributed by atoms with Crippen LogP contribution in [0.4, 0.5) is 0 Å². The van der Waals surface area contributed by atoms with E-state index in [1.165, 1.54) is 3.57 Å². The molecule has 0 saturated carbocycles. The molecule has 148 valence electrons. The lowest BCUT2D eigenvalue weighted by Gasteiger charge is -2.16. The highest BCUT2D eigenvalue weighted by Crippen LogP contribution is 2.36. The highest BCUT2D eigenvalue weighted by atomic mass is 127. The van der Waals surface area contributed by atoms with E-state index in [9.17, 15) is 4.79 Å². The van der Waals surface area contributed by atoms with E-state index in [0.717, 1.165) is 39.0 Å². The van der Waals surface area contributed by atoms with Crippen LogP contribution < -0.4 is 5.56 Å². The summed E-state index contributed by atoms with van der Waals surface area (Å²) in [5.41, 5.74) is 5.72. The molecule has 2 heterocycles. The van der Waals surface area contributed by atoms with Crippen LogP contribution in [0.15, 0.2) is 89.9 Å². The average molecular weight is 505 g/mol. The van der Waals surface area contributed by atoms with E-state index in [1.807, 2.05) is 55.6 Å². The number of fused-ring (bicyclic) bond motifs is 1. The molecular weight excluding hydrogens is 485 g/mol. The van der Waals surface area contributed by atoms with Crippen molar-refractivity contribution in [2.45, 2.75) is 12.8 Å². The zero-order valence-electron chi connectivity index (χ0n) is 16.4. The topological polar surface area (TPSA) is 53.6 Å². The van der Waals surface area contributed by atoms with Gasteiger partial charge in [0.15, 0.2) is 0 Å². The number of hydrogen-bond donors (Lipinski definition) is 2. The molecular formula is C25H20IN3O. The first kappa shape index (κ1) is 18.9. The van der Waals surface area contributed by atoms with Crippen LogP contribution in [-0.4, -0.2) is 14.8 Å². The molecule has 0 radical (unpaired) electrons. The molecule has 0 aliphatic heterocycles. The maximum absolute atomic E-state index is 13.6. The lowest BCUT2D eigenvalue weighted by Crippen LogP contribution is -2.20. The maximum atomic E-state index is 13.6. The van der Waals surface area contributed by atoms with Crippen molar-refractivity contribution in [1.29, 1.82) is 0 Å². The minimum Gasteiger partial charge on any atom is -0.361 e. The predicted molar refractivity (Wildman–Crippen MR) is 130 cm³/mol. The lowest BCUT2D eigenvalue weighted by atomic mass is 9.85. The molecule has 4 nitrogen and oxygen atoms in total. The number of nitrogens with one attached hydrogen (secondary N) is 2. The van der Waals surface area contributed by atoms with Crippen molar-refractivity contribution in [1.82, 2.24) is 14.8 Å². The van der Waals surface area contributed by atoms with Gasteiger partial charge in [0.05, 0.1) is 11.3 Å². The molecule has 0 amide bonds. The zero-order chi connectivity index (χ0) is 20.7. The van der Waals surface area contributed by atoms with Gasteiger partial charge in [-0.2, -0.15) is 0 Å². The van der Waals surface area contributed by atoms with E-state index in [2.05, 4.69) is 69.1 Å². The number of nitrogens with zero attached hydrogens (tertiary/aromatic N) is 1. The van der Waals surface area contributed by atoms with Gasteiger partial charge in [0.1, 0.15) is 0 Å². The van der Waals surface area contributed by atoms with Crippen molar-refractivity contribution in [3.8, 4) is 5.69 Å². The second-order valence-electron chi connectivity index (χ2n) is 7.40. The molecule has 0 bridgehead atoms. The SMILES string of the molecule is Cc1[nH]n(-c2ccccc2)c(=O)c1C(c1ccc(I)cc1)c1c[nH]c2ccccc12. The molecule has 30 heavy (non-hydrogen) atoms. The van der Waals surface area contributed by atoms with Crippen LogP contribution in [0.1, 0.15) is 28.3 Å². The molecule has 0 spiro atoms.